The summed E-state index contributed by atoms with van der Waals surface area (Å²) in [7, 11) is 0. The Kier molecular flexibility index (Phi) is 4.08. The predicted molar refractivity (Wildman–Crippen MR) is 79.8 cm³/mol. The summed E-state index contributed by atoms with van der Waals surface area (Å²) in [5.41, 5.74) is 7.28. The van der Waals surface area contributed by atoms with Crippen molar-refractivity contribution in [2.45, 2.75) is 33.6 Å². The number of rotatable bonds is 3. The Bertz CT molecular complexity index is 459. The lowest BCUT2D eigenvalue weighted by molar-refractivity contribution is 0.310. The molecule has 3 N–H and O–H groups in total. The summed E-state index contributed by atoms with van der Waals surface area (Å²) in [6.45, 7) is 8.67. The number of nitrogens with one attached hydrogen (secondary N) is 1. The molecule has 19 heavy (non-hydrogen) atoms. The van der Waals surface area contributed by atoms with Crippen molar-refractivity contribution < 1.29 is 0 Å². The fourth-order valence-corrected chi connectivity index (χ4v) is 2.76. The molecule has 0 aromatic carbocycles. The zero-order chi connectivity index (χ0) is 14.0. The minimum absolute atomic E-state index is 0.115. The molecule has 0 amide bonds. The van der Waals surface area contributed by atoms with Crippen molar-refractivity contribution >= 4 is 11.7 Å². The highest BCUT2D eigenvalue weighted by atomic mass is 15.2. The summed E-state index contributed by atoms with van der Waals surface area (Å²) >= 11 is 0. The van der Waals surface area contributed by atoms with Gasteiger partial charge in [0.15, 0.2) is 0 Å². The molecule has 1 aromatic rings. The van der Waals surface area contributed by atoms with Crippen LogP contribution in [0.4, 0.5) is 5.82 Å². The first-order valence-corrected chi connectivity index (χ1v) is 7.05. The zero-order valence-electron chi connectivity index (χ0n) is 12.1. The van der Waals surface area contributed by atoms with Gasteiger partial charge in [-0.2, -0.15) is 0 Å². The Morgan fingerprint density at radius 3 is 2.53 bits per heavy atom. The average Bonchev–Trinajstić information content (AvgIpc) is 2.38. The van der Waals surface area contributed by atoms with E-state index < -0.39 is 0 Å². The summed E-state index contributed by atoms with van der Waals surface area (Å²) in [4.78, 5) is 6.90. The van der Waals surface area contributed by atoms with E-state index in [0.29, 0.717) is 0 Å². The standard InChI is InChI=1S/C15H24N4/c1-10(2)12-4-6-19(7-5-12)14-9-13(15(16)17)8-11(3)18-14/h8-10,12H,4-7H2,1-3H3,(H3,16,17). The molecule has 0 spiro atoms. The van der Waals surface area contributed by atoms with Gasteiger partial charge in [-0.1, -0.05) is 13.8 Å². The quantitative estimate of drug-likeness (QED) is 0.648. The number of aryl methyl sites for hydroxylation is 1. The third kappa shape index (κ3) is 3.25. The number of amidine groups is 1. The van der Waals surface area contributed by atoms with Crippen molar-refractivity contribution in [2.75, 3.05) is 18.0 Å². The van der Waals surface area contributed by atoms with Crippen LogP contribution in [0.3, 0.4) is 0 Å². The van der Waals surface area contributed by atoms with Gasteiger partial charge in [0.1, 0.15) is 11.7 Å². The van der Waals surface area contributed by atoms with E-state index in [9.17, 15) is 0 Å². The Morgan fingerprint density at radius 2 is 2.00 bits per heavy atom. The molecule has 0 saturated carbocycles. The van der Waals surface area contributed by atoms with E-state index in [-0.39, 0.29) is 5.84 Å². The molecular formula is C15H24N4. The number of anilines is 1. The second-order valence-electron chi connectivity index (χ2n) is 5.84. The van der Waals surface area contributed by atoms with Gasteiger partial charge in [-0.15, -0.1) is 0 Å². The molecule has 2 heterocycles. The van der Waals surface area contributed by atoms with Crippen molar-refractivity contribution in [3.8, 4) is 0 Å². The summed E-state index contributed by atoms with van der Waals surface area (Å²) in [5.74, 6) is 2.67. The molecule has 0 aliphatic carbocycles. The normalized spacial score (nSPS) is 16.9. The van der Waals surface area contributed by atoms with Crippen molar-refractivity contribution in [2.24, 2.45) is 17.6 Å². The number of nitrogens with two attached hydrogens (primary N) is 1. The van der Waals surface area contributed by atoms with Crippen LogP contribution in [-0.2, 0) is 0 Å². The van der Waals surface area contributed by atoms with Crippen LogP contribution < -0.4 is 10.6 Å². The molecule has 1 aromatic heterocycles. The highest BCUT2D eigenvalue weighted by molar-refractivity contribution is 5.95. The average molecular weight is 260 g/mol. The SMILES string of the molecule is Cc1cc(C(=N)N)cc(N2CCC(C(C)C)CC2)n1. The second kappa shape index (κ2) is 5.59. The largest absolute Gasteiger partial charge is 0.384 e. The molecule has 0 unspecified atom stereocenters. The maximum absolute atomic E-state index is 7.56. The van der Waals surface area contributed by atoms with E-state index in [1.54, 1.807) is 0 Å². The maximum Gasteiger partial charge on any atom is 0.129 e. The molecule has 4 nitrogen and oxygen atoms in total. The van der Waals surface area contributed by atoms with Crippen molar-refractivity contribution in [1.29, 1.82) is 5.41 Å². The van der Waals surface area contributed by atoms with Crippen LogP contribution >= 0.6 is 0 Å². The minimum atomic E-state index is 0.115. The van der Waals surface area contributed by atoms with Gasteiger partial charge in [0.05, 0.1) is 0 Å². The van der Waals surface area contributed by atoms with Crippen LogP contribution in [0.25, 0.3) is 0 Å². The van der Waals surface area contributed by atoms with Crippen LogP contribution in [-0.4, -0.2) is 23.9 Å². The van der Waals surface area contributed by atoms with Crippen LogP contribution in [0.2, 0.25) is 0 Å². The maximum atomic E-state index is 7.56. The molecule has 0 bridgehead atoms. The smallest absolute Gasteiger partial charge is 0.129 e. The lowest BCUT2D eigenvalue weighted by Gasteiger charge is -2.34. The summed E-state index contributed by atoms with van der Waals surface area (Å²) in [6.07, 6.45) is 2.45. The van der Waals surface area contributed by atoms with E-state index >= 15 is 0 Å². The molecule has 1 fully saturated rings. The van der Waals surface area contributed by atoms with Gasteiger partial charge in [0.25, 0.3) is 0 Å². The number of hydrogen-bond donors (Lipinski definition) is 2. The highest BCUT2D eigenvalue weighted by Crippen LogP contribution is 2.27. The molecule has 1 saturated heterocycles. The fraction of sp³-hybridized carbons (Fsp3) is 0.600. The van der Waals surface area contributed by atoms with Crippen molar-refractivity contribution in [3.05, 3.63) is 23.4 Å². The van der Waals surface area contributed by atoms with Crippen molar-refractivity contribution in [1.82, 2.24) is 4.98 Å². The first kappa shape index (κ1) is 13.8. The van der Waals surface area contributed by atoms with Gasteiger partial charge in [-0.25, -0.2) is 4.98 Å². The van der Waals surface area contributed by atoms with Gasteiger partial charge in [-0.3, -0.25) is 5.41 Å². The number of nitrogen functional groups attached to an aromatic ring is 1. The number of hydrogen-bond acceptors (Lipinski definition) is 3. The Hall–Kier alpha value is -1.58. The van der Waals surface area contributed by atoms with E-state index in [4.69, 9.17) is 11.1 Å². The van der Waals surface area contributed by atoms with Gasteiger partial charge in [0.2, 0.25) is 0 Å². The Balaban J connectivity index is 2.13. The summed E-state index contributed by atoms with van der Waals surface area (Å²) in [6, 6.07) is 3.80. The molecular weight excluding hydrogens is 236 g/mol. The first-order valence-electron chi connectivity index (χ1n) is 7.05. The lowest BCUT2D eigenvalue weighted by atomic mass is 9.87. The third-order valence-electron chi connectivity index (χ3n) is 4.06. The number of nitrogens with zero attached hydrogens (tertiary/aromatic N) is 2. The summed E-state index contributed by atoms with van der Waals surface area (Å²) in [5, 5.41) is 7.56. The molecule has 0 atom stereocenters. The highest BCUT2D eigenvalue weighted by Gasteiger charge is 2.22. The van der Waals surface area contributed by atoms with Crippen molar-refractivity contribution in [3.63, 3.8) is 0 Å². The lowest BCUT2D eigenvalue weighted by Crippen LogP contribution is -2.36. The van der Waals surface area contributed by atoms with Crippen LogP contribution in [0.1, 0.15) is 37.9 Å². The van der Waals surface area contributed by atoms with Gasteiger partial charge in [-0.05, 0) is 43.7 Å². The van der Waals surface area contributed by atoms with Crippen LogP contribution in [0.15, 0.2) is 12.1 Å². The van der Waals surface area contributed by atoms with Gasteiger partial charge < -0.3 is 10.6 Å². The van der Waals surface area contributed by atoms with Crippen LogP contribution in [0.5, 0.6) is 0 Å². The topological polar surface area (TPSA) is 66.0 Å². The molecule has 2 rings (SSSR count). The van der Waals surface area contributed by atoms with Crippen LogP contribution in [0, 0.1) is 24.2 Å². The number of piperidine rings is 1. The molecule has 0 radical (unpaired) electrons. The van der Waals surface area contributed by atoms with E-state index in [1.165, 1.54) is 12.8 Å². The first-order chi connectivity index (χ1) is 8.97. The fourth-order valence-electron chi connectivity index (χ4n) is 2.76. The van der Waals surface area contributed by atoms with Gasteiger partial charge in [0, 0.05) is 24.3 Å². The molecule has 4 heteroatoms. The van der Waals surface area contributed by atoms with E-state index in [2.05, 4.69) is 23.7 Å². The molecule has 1 aliphatic rings. The predicted octanol–water partition coefficient (Wildman–Crippen LogP) is 2.55. The zero-order valence-corrected chi connectivity index (χ0v) is 12.1. The van der Waals surface area contributed by atoms with Gasteiger partial charge >= 0.3 is 0 Å². The molecule has 104 valence electrons. The molecule has 1 aliphatic heterocycles. The van der Waals surface area contributed by atoms with E-state index in [1.807, 2.05) is 19.1 Å². The Morgan fingerprint density at radius 1 is 1.37 bits per heavy atom. The third-order valence-corrected chi connectivity index (χ3v) is 4.06. The number of pyridine rings is 1. The monoisotopic (exact) mass is 260 g/mol. The van der Waals surface area contributed by atoms with E-state index in [0.717, 1.165) is 42.0 Å². The summed E-state index contributed by atoms with van der Waals surface area (Å²) < 4.78 is 0. The Labute approximate surface area is 115 Å². The number of aromatic nitrogens is 1. The second-order valence-corrected chi connectivity index (χ2v) is 5.84. The minimum Gasteiger partial charge on any atom is -0.384 e.